The zero-order valence-corrected chi connectivity index (χ0v) is 15.4. The van der Waals surface area contributed by atoms with Gasteiger partial charge in [-0.3, -0.25) is 9.59 Å². The maximum Gasteiger partial charge on any atom is 0.321 e. The number of urea groups is 1. The number of amides is 3. The average molecular weight is 375 g/mol. The van der Waals surface area contributed by atoms with Crippen molar-refractivity contribution < 1.29 is 24.2 Å². The van der Waals surface area contributed by atoms with Crippen LogP contribution >= 0.6 is 0 Å². The van der Waals surface area contributed by atoms with Crippen LogP contribution in [0.3, 0.4) is 0 Å². The van der Waals surface area contributed by atoms with E-state index in [0.717, 1.165) is 25.9 Å². The largest absolute Gasteiger partial charge is 0.495 e. The number of anilines is 1. The van der Waals surface area contributed by atoms with Crippen molar-refractivity contribution in [2.75, 3.05) is 38.6 Å². The van der Waals surface area contributed by atoms with Gasteiger partial charge in [-0.1, -0.05) is 0 Å². The quantitative estimate of drug-likeness (QED) is 0.841. The first-order valence-corrected chi connectivity index (χ1v) is 9.25. The summed E-state index contributed by atoms with van der Waals surface area (Å²) >= 11 is 0. The molecule has 1 aromatic carbocycles. The molecule has 2 fully saturated rings. The Bertz CT molecular complexity index is 730. The van der Waals surface area contributed by atoms with Gasteiger partial charge < -0.3 is 25.0 Å². The summed E-state index contributed by atoms with van der Waals surface area (Å²) in [6.45, 7) is 2.17. The van der Waals surface area contributed by atoms with Crippen LogP contribution in [0.4, 0.5) is 10.5 Å². The highest BCUT2D eigenvalue weighted by atomic mass is 16.5. The number of carboxylic acids is 1. The normalized spacial score (nSPS) is 19.7. The molecule has 146 valence electrons. The number of ether oxygens (including phenoxy) is 1. The van der Waals surface area contributed by atoms with Gasteiger partial charge >= 0.3 is 12.0 Å². The Morgan fingerprint density at radius 1 is 1.11 bits per heavy atom. The first-order valence-electron chi connectivity index (χ1n) is 9.25. The summed E-state index contributed by atoms with van der Waals surface area (Å²) in [6.07, 6.45) is 3.23. The Morgan fingerprint density at radius 3 is 2.48 bits per heavy atom. The number of hydrogen-bond donors (Lipinski definition) is 2. The predicted molar refractivity (Wildman–Crippen MR) is 99.1 cm³/mol. The van der Waals surface area contributed by atoms with Crippen molar-refractivity contribution in [3.63, 3.8) is 0 Å². The third-order valence-corrected chi connectivity index (χ3v) is 5.14. The van der Waals surface area contributed by atoms with Gasteiger partial charge in [0, 0.05) is 31.7 Å². The molecule has 2 heterocycles. The van der Waals surface area contributed by atoms with Crippen LogP contribution in [0.25, 0.3) is 0 Å². The molecule has 2 N–H and O–H groups in total. The van der Waals surface area contributed by atoms with Gasteiger partial charge in [-0.05, 0) is 43.9 Å². The van der Waals surface area contributed by atoms with Crippen molar-refractivity contribution in [1.82, 2.24) is 9.80 Å². The number of aliphatic carboxylic acids is 1. The highest BCUT2D eigenvalue weighted by Gasteiger charge is 2.29. The number of likely N-dealkylation sites (tertiary alicyclic amines) is 2. The fourth-order valence-electron chi connectivity index (χ4n) is 3.60. The zero-order valence-electron chi connectivity index (χ0n) is 15.4. The standard InChI is InChI=1S/C19H25N3O5/c1-27-16-7-6-13(17(23)21-8-2-3-9-21)11-15(16)20-19(26)22-10-4-5-14(12-22)18(24)25/h6-7,11,14H,2-5,8-10,12H2,1H3,(H,20,26)(H,24,25). The molecular weight excluding hydrogens is 350 g/mol. The van der Waals surface area contributed by atoms with Crippen LogP contribution in [0.2, 0.25) is 0 Å². The average Bonchev–Trinajstić information content (AvgIpc) is 3.22. The number of carbonyl (C=O) groups is 3. The van der Waals surface area contributed by atoms with Gasteiger partial charge in [0.1, 0.15) is 5.75 Å². The van der Waals surface area contributed by atoms with E-state index >= 15 is 0 Å². The summed E-state index contributed by atoms with van der Waals surface area (Å²) < 4.78 is 5.30. The molecule has 0 radical (unpaired) electrons. The second kappa shape index (κ2) is 8.28. The molecule has 0 aromatic heterocycles. The molecule has 1 atom stereocenters. The topological polar surface area (TPSA) is 99.2 Å². The van der Waals surface area contributed by atoms with Gasteiger partial charge in [0.2, 0.25) is 0 Å². The van der Waals surface area contributed by atoms with Crippen molar-refractivity contribution in [2.24, 2.45) is 5.92 Å². The van der Waals surface area contributed by atoms with Crippen LogP contribution in [-0.4, -0.2) is 66.1 Å². The van der Waals surface area contributed by atoms with E-state index in [-0.39, 0.29) is 18.5 Å². The highest BCUT2D eigenvalue weighted by Crippen LogP contribution is 2.28. The first-order chi connectivity index (χ1) is 13.0. The van der Waals surface area contributed by atoms with E-state index in [0.29, 0.717) is 36.4 Å². The van der Waals surface area contributed by atoms with E-state index in [1.807, 2.05) is 0 Å². The smallest absolute Gasteiger partial charge is 0.321 e. The third-order valence-electron chi connectivity index (χ3n) is 5.14. The number of nitrogens with zero attached hydrogens (tertiary/aromatic N) is 2. The molecular formula is C19H25N3O5. The predicted octanol–water partition coefficient (Wildman–Crippen LogP) is 2.26. The number of carbonyl (C=O) groups excluding carboxylic acids is 2. The van der Waals surface area contributed by atoms with Gasteiger partial charge in [0.25, 0.3) is 5.91 Å². The molecule has 8 heteroatoms. The summed E-state index contributed by atoms with van der Waals surface area (Å²) in [5, 5.41) is 12.0. The Labute approximate surface area is 158 Å². The SMILES string of the molecule is COc1ccc(C(=O)N2CCCC2)cc1NC(=O)N1CCCC(C(=O)O)C1. The summed E-state index contributed by atoms with van der Waals surface area (Å²) in [6, 6.07) is 4.59. The second-order valence-corrected chi connectivity index (χ2v) is 6.97. The fraction of sp³-hybridized carbons (Fsp3) is 0.526. The minimum atomic E-state index is -0.886. The zero-order chi connectivity index (χ0) is 19.4. The minimum Gasteiger partial charge on any atom is -0.495 e. The van der Waals surface area contributed by atoms with Crippen LogP contribution in [-0.2, 0) is 4.79 Å². The highest BCUT2D eigenvalue weighted by molar-refractivity contribution is 5.98. The molecule has 2 aliphatic heterocycles. The van der Waals surface area contributed by atoms with Gasteiger partial charge in [-0.15, -0.1) is 0 Å². The van der Waals surface area contributed by atoms with Crippen LogP contribution in [0.15, 0.2) is 18.2 Å². The van der Waals surface area contributed by atoms with Gasteiger partial charge in [-0.2, -0.15) is 0 Å². The lowest BCUT2D eigenvalue weighted by Gasteiger charge is -2.31. The maximum absolute atomic E-state index is 12.6. The first kappa shape index (κ1) is 19.0. The lowest BCUT2D eigenvalue weighted by molar-refractivity contribution is -0.143. The molecule has 0 aliphatic carbocycles. The summed E-state index contributed by atoms with van der Waals surface area (Å²) in [5.74, 6) is -1.04. The van der Waals surface area contributed by atoms with Crippen molar-refractivity contribution in [3.05, 3.63) is 23.8 Å². The molecule has 1 unspecified atom stereocenters. The van der Waals surface area contributed by atoms with E-state index in [9.17, 15) is 19.5 Å². The van der Waals surface area contributed by atoms with Crippen molar-refractivity contribution >= 4 is 23.6 Å². The van der Waals surface area contributed by atoms with Crippen molar-refractivity contribution in [2.45, 2.75) is 25.7 Å². The molecule has 2 saturated heterocycles. The van der Waals surface area contributed by atoms with Crippen molar-refractivity contribution in [1.29, 1.82) is 0 Å². The molecule has 2 aliphatic rings. The maximum atomic E-state index is 12.6. The van der Waals surface area contributed by atoms with E-state index in [1.165, 1.54) is 12.0 Å². The Morgan fingerprint density at radius 2 is 1.81 bits per heavy atom. The number of methoxy groups -OCH3 is 1. The number of nitrogens with one attached hydrogen (secondary N) is 1. The van der Waals surface area contributed by atoms with E-state index in [4.69, 9.17) is 4.74 Å². The second-order valence-electron chi connectivity index (χ2n) is 6.97. The molecule has 1 aromatic rings. The van der Waals surface area contributed by atoms with Gasteiger partial charge in [-0.25, -0.2) is 4.79 Å². The lowest BCUT2D eigenvalue weighted by Crippen LogP contribution is -2.44. The Balaban J connectivity index is 1.74. The third kappa shape index (κ3) is 4.32. The number of carboxylic acid groups (broad SMARTS) is 1. The summed E-state index contributed by atoms with van der Waals surface area (Å²) in [7, 11) is 1.49. The molecule has 0 bridgehead atoms. The van der Waals surface area contributed by atoms with Crippen LogP contribution < -0.4 is 10.1 Å². The van der Waals surface area contributed by atoms with Gasteiger partial charge in [0.15, 0.2) is 0 Å². The minimum absolute atomic E-state index is 0.0606. The molecule has 8 nitrogen and oxygen atoms in total. The van der Waals surface area contributed by atoms with Crippen LogP contribution in [0.5, 0.6) is 5.75 Å². The monoisotopic (exact) mass is 375 g/mol. The lowest BCUT2D eigenvalue weighted by atomic mass is 9.99. The van der Waals surface area contributed by atoms with E-state index in [2.05, 4.69) is 5.32 Å². The van der Waals surface area contributed by atoms with Crippen LogP contribution in [0, 0.1) is 5.92 Å². The van der Waals surface area contributed by atoms with Crippen LogP contribution in [0.1, 0.15) is 36.0 Å². The van der Waals surface area contributed by atoms with Crippen molar-refractivity contribution in [3.8, 4) is 5.75 Å². The van der Waals surface area contributed by atoms with Gasteiger partial charge in [0.05, 0.1) is 18.7 Å². The molecule has 0 saturated carbocycles. The fourth-order valence-corrected chi connectivity index (χ4v) is 3.60. The summed E-state index contributed by atoms with van der Waals surface area (Å²) in [5.41, 5.74) is 0.903. The summed E-state index contributed by atoms with van der Waals surface area (Å²) in [4.78, 5) is 39.7. The van der Waals surface area contributed by atoms with E-state index < -0.39 is 11.9 Å². The molecule has 3 amide bonds. The Hall–Kier alpha value is -2.77. The molecule has 3 rings (SSSR count). The molecule has 27 heavy (non-hydrogen) atoms. The Kier molecular flexibility index (Phi) is 5.83. The number of hydrogen-bond acceptors (Lipinski definition) is 4. The number of benzene rings is 1. The number of rotatable bonds is 4. The number of piperidine rings is 1. The molecule has 0 spiro atoms. The van der Waals surface area contributed by atoms with E-state index in [1.54, 1.807) is 23.1 Å².